The van der Waals surface area contributed by atoms with Crippen molar-refractivity contribution in [3.05, 3.63) is 58.1 Å². The second-order valence-corrected chi connectivity index (χ2v) is 6.46. The number of nitrogens with one attached hydrogen (secondary N) is 1. The van der Waals surface area contributed by atoms with Crippen molar-refractivity contribution in [2.24, 2.45) is 0 Å². The summed E-state index contributed by atoms with van der Waals surface area (Å²) >= 11 is 6.44. The average molecular weight is 394 g/mol. The summed E-state index contributed by atoms with van der Waals surface area (Å²) in [5, 5.41) is 12.6. The first kappa shape index (κ1) is 21.5. The summed E-state index contributed by atoms with van der Waals surface area (Å²) in [4.78, 5) is 0. The van der Waals surface area contributed by atoms with Crippen LogP contribution < -0.4 is 14.8 Å². The molecule has 27 heavy (non-hydrogen) atoms. The molecule has 0 amide bonds. The molecule has 0 aromatic heterocycles. The van der Waals surface area contributed by atoms with Gasteiger partial charge in [0.1, 0.15) is 6.61 Å². The molecule has 2 aromatic rings. The number of aryl methyl sites for hydroxylation is 1. The highest BCUT2D eigenvalue weighted by atomic mass is 35.5. The van der Waals surface area contributed by atoms with E-state index < -0.39 is 0 Å². The van der Waals surface area contributed by atoms with Crippen molar-refractivity contribution < 1.29 is 19.3 Å². The maximum Gasteiger partial charge on any atom is 0.163 e. The molecule has 0 saturated carbocycles. The largest absolute Gasteiger partial charge is 0.490 e. The third-order valence-electron chi connectivity index (χ3n) is 4.03. The molecule has 0 heterocycles. The van der Waals surface area contributed by atoms with Crippen LogP contribution in [0.5, 0.6) is 11.5 Å². The fourth-order valence-corrected chi connectivity index (χ4v) is 2.78. The van der Waals surface area contributed by atoms with E-state index in [1.165, 1.54) is 5.56 Å². The van der Waals surface area contributed by atoms with Crippen molar-refractivity contribution in [2.75, 3.05) is 33.0 Å². The molecule has 0 spiro atoms. The fourth-order valence-electron chi connectivity index (χ4n) is 2.56. The van der Waals surface area contributed by atoms with Crippen molar-refractivity contribution >= 4 is 11.6 Å². The Hall–Kier alpha value is -1.79. The van der Waals surface area contributed by atoms with Gasteiger partial charge in [0.2, 0.25) is 0 Å². The molecule has 0 bridgehead atoms. The van der Waals surface area contributed by atoms with Gasteiger partial charge in [0.05, 0.1) is 26.4 Å². The number of halogens is 1. The molecule has 0 aliphatic carbocycles. The van der Waals surface area contributed by atoms with Crippen molar-refractivity contribution in [2.45, 2.75) is 27.0 Å². The van der Waals surface area contributed by atoms with E-state index in [1.807, 2.05) is 31.2 Å². The summed E-state index contributed by atoms with van der Waals surface area (Å²) in [6.07, 6.45) is 0. The molecule has 6 heteroatoms. The summed E-state index contributed by atoms with van der Waals surface area (Å²) in [7, 11) is 0. The third-order valence-corrected chi connectivity index (χ3v) is 4.38. The Morgan fingerprint density at radius 1 is 1.04 bits per heavy atom. The molecule has 0 unspecified atom stereocenters. The highest BCUT2D eigenvalue weighted by Gasteiger charge is 2.12. The van der Waals surface area contributed by atoms with E-state index in [1.54, 1.807) is 0 Å². The van der Waals surface area contributed by atoms with E-state index >= 15 is 0 Å². The maximum absolute atomic E-state index is 8.69. The molecule has 0 fully saturated rings. The van der Waals surface area contributed by atoms with Crippen molar-refractivity contribution in [3.63, 3.8) is 0 Å². The van der Waals surface area contributed by atoms with Crippen LogP contribution in [0, 0.1) is 6.92 Å². The molecular formula is C21H28ClNO4. The van der Waals surface area contributed by atoms with Gasteiger partial charge in [-0.05, 0) is 36.6 Å². The van der Waals surface area contributed by atoms with E-state index in [0.29, 0.717) is 56.0 Å². The minimum absolute atomic E-state index is 0.0352. The molecular weight excluding hydrogens is 366 g/mol. The lowest BCUT2D eigenvalue weighted by Gasteiger charge is -2.16. The third kappa shape index (κ3) is 7.03. The first-order chi connectivity index (χ1) is 13.2. The van der Waals surface area contributed by atoms with Crippen LogP contribution in [-0.4, -0.2) is 38.1 Å². The predicted molar refractivity (Wildman–Crippen MR) is 108 cm³/mol. The molecule has 0 aliphatic heterocycles. The second-order valence-electron chi connectivity index (χ2n) is 6.05. The number of hydrogen-bond acceptors (Lipinski definition) is 5. The van der Waals surface area contributed by atoms with Crippen LogP contribution >= 0.6 is 11.6 Å². The standard InChI is InChI=1S/C21H28ClNO4/c1-3-26-20-12-18(14-23-8-10-25-11-9-24)19(22)13-21(20)27-15-17-7-5-4-6-16(17)2/h4-7,12-13,23-24H,3,8-11,14-15H2,1-2H3. The smallest absolute Gasteiger partial charge is 0.163 e. The highest BCUT2D eigenvalue weighted by molar-refractivity contribution is 6.31. The number of rotatable bonds is 12. The van der Waals surface area contributed by atoms with Gasteiger partial charge in [0, 0.05) is 24.2 Å². The molecule has 0 saturated heterocycles. The number of hydrogen-bond donors (Lipinski definition) is 2. The van der Waals surface area contributed by atoms with Gasteiger partial charge in [-0.1, -0.05) is 35.9 Å². The zero-order chi connectivity index (χ0) is 19.5. The van der Waals surface area contributed by atoms with Gasteiger partial charge in [0.25, 0.3) is 0 Å². The SMILES string of the molecule is CCOc1cc(CNCCOCCO)c(Cl)cc1OCc1ccccc1C. The molecule has 148 valence electrons. The van der Waals surface area contributed by atoms with Gasteiger partial charge in [0.15, 0.2) is 11.5 Å². The van der Waals surface area contributed by atoms with Gasteiger partial charge in [-0.3, -0.25) is 0 Å². The Balaban J connectivity index is 2.00. The molecule has 2 rings (SSSR count). The van der Waals surface area contributed by atoms with Crippen LogP contribution in [0.2, 0.25) is 5.02 Å². The van der Waals surface area contributed by atoms with Gasteiger partial charge in [-0.25, -0.2) is 0 Å². The summed E-state index contributed by atoms with van der Waals surface area (Å²) in [6.45, 7) is 7.20. The number of aliphatic hydroxyl groups is 1. The monoisotopic (exact) mass is 393 g/mol. The molecule has 5 nitrogen and oxygen atoms in total. The molecule has 2 aromatic carbocycles. The van der Waals surface area contributed by atoms with E-state index in [-0.39, 0.29) is 6.61 Å². The number of aliphatic hydroxyl groups excluding tert-OH is 1. The zero-order valence-corrected chi connectivity index (χ0v) is 16.7. The van der Waals surface area contributed by atoms with Crippen LogP contribution in [0.15, 0.2) is 36.4 Å². The summed E-state index contributed by atoms with van der Waals surface area (Å²) < 4.78 is 17.0. The van der Waals surface area contributed by atoms with Gasteiger partial charge in [-0.2, -0.15) is 0 Å². The molecule has 0 aliphatic rings. The quantitative estimate of drug-likeness (QED) is 0.538. The Morgan fingerprint density at radius 3 is 2.56 bits per heavy atom. The number of ether oxygens (including phenoxy) is 3. The molecule has 0 atom stereocenters. The van der Waals surface area contributed by atoms with Gasteiger partial charge >= 0.3 is 0 Å². The Kier molecular flexibility index (Phi) is 9.42. The first-order valence-corrected chi connectivity index (χ1v) is 9.55. The lowest BCUT2D eigenvalue weighted by atomic mass is 10.1. The van der Waals surface area contributed by atoms with Gasteiger partial charge < -0.3 is 24.6 Å². The predicted octanol–water partition coefficient (Wildman–Crippen LogP) is 3.72. The summed E-state index contributed by atoms with van der Waals surface area (Å²) in [6, 6.07) is 11.9. The molecule has 0 radical (unpaired) electrons. The topological polar surface area (TPSA) is 60.0 Å². The van der Waals surface area contributed by atoms with Crippen molar-refractivity contribution in [1.82, 2.24) is 5.32 Å². The van der Waals surface area contributed by atoms with E-state index in [0.717, 1.165) is 11.1 Å². The van der Waals surface area contributed by atoms with Gasteiger partial charge in [-0.15, -0.1) is 0 Å². The Bertz CT molecular complexity index is 709. The fraction of sp³-hybridized carbons (Fsp3) is 0.429. The van der Waals surface area contributed by atoms with Crippen LogP contribution in [0.1, 0.15) is 23.6 Å². The average Bonchev–Trinajstić information content (AvgIpc) is 2.66. The minimum Gasteiger partial charge on any atom is -0.490 e. The molecule has 2 N–H and O–H groups in total. The van der Waals surface area contributed by atoms with Crippen LogP contribution in [0.4, 0.5) is 0 Å². The first-order valence-electron chi connectivity index (χ1n) is 9.17. The van der Waals surface area contributed by atoms with Crippen LogP contribution in [0.25, 0.3) is 0 Å². The summed E-state index contributed by atoms with van der Waals surface area (Å²) in [5.41, 5.74) is 3.25. The van der Waals surface area contributed by atoms with Crippen LogP contribution in [-0.2, 0) is 17.9 Å². The lowest BCUT2D eigenvalue weighted by Crippen LogP contribution is -2.20. The lowest BCUT2D eigenvalue weighted by molar-refractivity contribution is 0.0938. The normalized spacial score (nSPS) is 10.8. The van der Waals surface area contributed by atoms with E-state index in [4.69, 9.17) is 30.9 Å². The second kappa shape index (κ2) is 11.8. The van der Waals surface area contributed by atoms with Crippen molar-refractivity contribution in [3.8, 4) is 11.5 Å². The van der Waals surface area contributed by atoms with Crippen LogP contribution in [0.3, 0.4) is 0 Å². The Morgan fingerprint density at radius 2 is 1.81 bits per heavy atom. The van der Waals surface area contributed by atoms with Crippen molar-refractivity contribution in [1.29, 1.82) is 0 Å². The minimum atomic E-state index is 0.0352. The van der Waals surface area contributed by atoms with E-state index in [9.17, 15) is 0 Å². The highest BCUT2D eigenvalue weighted by Crippen LogP contribution is 2.34. The zero-order valence-electron chi connectivity index (χ0n) is 16.0. The Labute approximate surface area is 166 Å². The summed E-state index contributed by atoms with van der Waals surface area (Å²) in [5.74, 6) is 1.32. The van der Waals surface area contributed by atoms with E-state index in [2.05, 4.69) is 24.4 Å². The maximum atomic E-state index is 8.69. The number of benzene rings is 2.